The minimum Gasteiger partial charge on any atom is -0.342 e. The van der Waals surface area contributed by atoms with Gasteiger partial charge in [0.05, 0.1) is 0 Å². The Kier molecular flexibility index (Phi) is 6.20. The normalized spacial score (nSPS) is 28.2. The van der Waals surface area contributed by atoms with Gasteiger partial charge in [-0.25, -0.2) is 0 Å². The number of carbonyl (C=O) groups is 3. The summed E-state index contributed by atoms with van der Waals surface area (Å²) in [6.07, 6.45) is 5.57. The monoisotopic (exact) mass is 363 g/mol. The number of hydrogen-bond acceptors (Lipinski definition) is 3. The average Bonchev–Trinajstić information content (AvgIpc) is 2.67. The van der Waals surface area contributed by atoms with E-state index in [4.69, 9.17) is 0 Å². The van der Waals surface area contributed by atoms with E-state index < -0.39 is 0 Å². The van der Waals surface area contributed by atoms with Crippen molar-refractivity contribution in [3.63, 3.8) is 0 Å². The van der Waals surface area contributed by atoms with Gasteiger partial charge in [-0.3, -0.25) is 14.4 Å². The lowest BCUT2D eigenvalue weighted by Crippen LogP contribution is -2.52. The average molecular weight is 364 g/mol. The third-order valence-corrected chi connectivity index (χ3v) is 6.56. The number of amides is 3. The largest absolute Gasteiger partial charge is 0.342 e. The van der Waals surface area contributed by atoms with Crippen molar-refractivity contribution in [2.45, 2.75) is 52.4 Å². The van der Waals surface area contributed by atoms with Crippen molar-refractivity contribution in [3.05, 3.63) is 0 Å². The fourth-order valence-electron chi connectivity index (χ4n) is 4.57. The minimum atomic E-state index is 0.0595. The molecule has 26 heavy (non-hydrogen) atoms. The van der Waals surface area contributed by atoms with Crippen molar-refractivity contribution in [1.29, 1.82) is 0 Å². The summed E-state index contributed by atoms with van der Waals surface area (Å²) in [5.41, 5.74) is 0. The Hall–Kier alpha value is -1.59. The van der Waals surface area contributed by atoms with Crippen molar-refractivity contribution in [3.8, 4) is 0 Å². The van der Waals surface area contributed by atoms with Gasteiger partial charge >= 0.3 is 0 Å². The Morgan fingerprint density at radius 2 is 1.00 bits per heavy atom. The van der Waals surface area contributed by atoms with Crippen LogP contribution in [0.4, 0.5) is 0 Å². The van der Waals surface area contributed by atoms with E-state index in [0.29, 0.717) is 32.1 Å². The maximum Gasteiger partial charge on any atom is 0.225 e. The molecule has 0 radical (unpaired) electrons. The van der Waals surface area contributed by atoms with Gasteiger partial charge in [-0.05, 0) is 44.4 Å². The number of rotatable bonds is 2. The second kappa shape index (κ2) is 8.40. The maximum atomic E-state index is 12.8. The first-order valence-electron chi connectivity index (χ1n) is 10.3. The molecule has 1 aliphatic carbocycles. The molecule has 0 aromatic carbocycles. The highest BCUT2D eigenvalue weighted by molar-refractivity contribution is 5.81. The van der Waals surface area contributed by atoms with Crippen LogP contribution < -0.4 is 0 Å². The molecule has 0 bridgehead atoms. The van der Waals surface area contributed by atoms with Crippen LogP contribution in [0, 0.1) is 17.8 Å². The standard InChI is InChI=1S/C20H33N3O3/c1-15-7-9-22(10-8-15)19(25)17-3-5-18(6-4-17)20(26)23-13-11-21(12-14-23)16(2)24/h15,17-18H,3-14H2,1-2H3. The van der Waals surface area contributed by atoms with Gasteiger partial charge in [-0.1, -0.05) is 6.92 Å². The lowest BCUT2D eigenvalue weighted by Gasteiger charge is -2.38. The first-order valence-corrected chi connectivity index (χ1v) is 10.3. The predicted octanol–water partition coefficient (Wildman–Crippen LogP) is 1.74. The summed E-state index contributed by atoms with van der Waals surface area (Å²) in [4.78, 5) is 42.7. The first kappa shape index (κ1) is 19.2. The molecule has 0 N–H and O–H groups in total. The molecule has 146 valence electrons. The van der Waals surface area contributed by atoms with E-state index in [1.807, 2.05) is 9.80 Å². The van der Waals surface area contributed by atoms with Gasteiger partial charge in [0.25, 0.3) is 0 Å². The highest BCUT2D eigenvalue weighted by Crippen LogP contribution is 2.32. The number of piperidine rings is 1. The Labute approximate surface area is 156 Å². The van der Waals surface area contributed by atoms with E-state index in [9.17, 15) is 14.4 Å². The van der Waals surface area contributed by atoms with Crippen LogP contribution in [0.3, 0.4) is 0 Å². The van der Waals surface area contributed by atoms with E-state index in [1.165, 1.54) is 0 Å². The lowest BCUT2D eigenvalue weighted by atomic mass is 9.80. The molecule has 3 amide bonds. The molecule has 1 saturated carbocycles. The van der Waals surface area contributed by atoms with Crippen LogP contribution in [0.5, 0.6) is 0 Å². The molecule has 2 aliphatic heterocycles. The zero-order valence-corrected chi connectivity index (χ0v) is 16.3. The van der Waals surface area contributed by atoms with Crippen molar-refractivity contribution in [2.24, 2.45) is 17.8 Å². The van der Waals surface area contributed by atoms with E-state index in [1.54, 1.807) is 11.8 Å². The van der Waals surface area contributed by atoms with E-state index in [-0.39, 0.29) is 23.7 Å². The van der Waals surface area contributed by atoms with E-state index in [2.05, 4.69) is 6.92 Å². The third-order valence-electron chi connectivity index (χ3n) is 6.56. The first-order chi connectivity index (χ1) is 12.5. The molecule has 2 heterocycles. The topological polar surface area (TPSA) is 60.9 Å². The van der Waals surface area contributed by atoms with Crippen LogP contribution in [0.15, 0.2) is 0 Å². The van der Waals surface area contributed by atoms with Crippen molar-refractivity contribution in [1.82, 2.24) is 14.7 Å². The van der Waals surface area contributed by atoms with Gasteiger partial charge in [-0.2, -0.15) is 0 Å². The molecule has 3 aliphatic rings. The zero-order chi connectivity index (χ0) is 18.7. The van der Waals surface area contributed by atoms with Crippen LogP contribution in [0.25, 0.3) is 0 Å². The summed E-state index contributed by atoms with van der Waals surface area (Å²) in [6.45, 7) is 8.21. The summed E-state index contributed by atoms with van der Waals surface area (Å²) in [5.74, 6) is 1.54. The summed E-state index contributed by atoms with van der Waals surface area (Å²) in [5, 5.41) is 0. The van der Waals surface area contributed by atoms with Gasteiger partial charge in [0, 0.05) is 58.0 Å². The summed E-state index contributed by atoms with van der Waals surface area (Å²) < 4.78 is 0. The highest BCUT2D eigenvalue weighted by Gasteiger charge is 2.35. The fraction of sp³-hybridized carbons (Fsp3) is 0.850. The Morgan fingerprint density at radius 3 is 1.42 bits per heavy atom. The molecule has 0 aromatic rings. The number of hydrogen-bond donors (Lipinski definition) is 0. The molecular formula is C20H33N3O3. The van der Waals surface area contributed by atoms with Crippen LogP contribution in [-0.2, 0) is 14.4 Å². The smallest absolute Gasteiger partial charge is 0.225 e. The Balaban J connectivity index is 1.44. The number of likely N-dealkylation sites (tertiary alicyclic amines) is 1. The van der Waals surface area contributed by atoms with Crippen LogP contribution >= 0.6 is 0 Å². The molecule has 0 spiro atoms. The van der Waals surface area contributed by atoms with Crippen molar-refractivity contribution in [2.75, 3.05) is 39.3 Å². The number of carbonyl (C=O) groups excluding carboxylic acids is 3. The lowest BCUT2D eigenvalue weighted by molar-refractivity contribution is -0.144. The van der Waals surface area contributed by atoms with E-state index in [0.717, 1.165) is 57.5 Å². The molecule has 0 atom stereocenters. The Bertz CT molecular complexity index is 526. The second-order valence-corrected chi connectivity index (χ2v) is 8.39. The van der Waals surface area contributed by atoms with Gasteiger partial charge in [0.2, 0.25) is 17.7 Å². The molecule has 2 saturated heterocycles. The van der Waals surface area contributed by atoms with Crippen LogP contribution in [0.1, 0.15) is 52.4 Å². The van der Waals surface area contributed by atoms with Crippen molar-refractivity contribution < 1.29 is 14.4 Å². The molecule has 6 nitrogen and oxygen atoms in total. The molecule has 0 aromatic heterocycles. The molecular weight excluding hydrogens is 330 g/mol. The Morgan fingerprint density at radius 1 is 0.615 bits per heavy atom. The fourth-order valence-corrected chi connectivity index (χ4v) is 4.57. The van der Waals surface area contributed by atoms with E-state index >= 15 is 0 Å². The van der Waals surface area contributed by atoms with Gasteiger partial charge < -0.3 is 14.7 Å². The van der Waals surface area contributed by atoms with Crippen molar-refractivity contribution >= 4 is 17.7 Å². The quantitative estimate of drug-likeness (QED) is 0.751. The molecule has 0 unspecified atom stereocenters. The molecule has 6 heteroatoms. The van der Waals surface area contributed by atoms with Crippen LogP contribution in [0.2, 0.25) is 0 Å². The minimum absolute atomic E-state index is 0.0595. The summed E-state index contributed by atoms with van der Waals surface area (Å²) >= 11 is 0. The van der Waals surface area contributed by atoms with Gasteiger partial charge in [-0.15, -0.1) is 0 Å². The molecule has 3 rings (SSSR count). The molecule has 3 fully saturated rings. The van der Waals surface area contributed by atoms with Gasteiger partial charge in [0.1, 0.15) is 0 Å². The third kappa shape index (κ3) is 4.38. The summed E-state index contributed by atoms with van der Waals surface area (Å²) in [6, 6.07) is 0. The predicted molar refractivity (Wildman–Crippen MR) is 99.3 cm³/mol. The zero-order valence-electron chi connectivity index (χ0n) is 16.3. The SMILES string of the molecule is CC(=O)N1CCN(C(=O)C2CCC(C(=O)N3CCC(C)CC3)CC2)CC1. The van der Waals surface area contributed by atoms with Gasteiger partial charge in [0.15, 0.2) is 0 Å². The maximum absolute atomic E-state index is 12.8. The highest BCUT2D eigenvalue weighted by atomic mass is 16.2. The van der Waals surface area contributed by atoms with Crippen LogP contribution in [-0.4, -0.2) is 71.7 Å². The number of nitrogens with zero attached hydrogens (tertiary/aromatic N) is 3. The summed E-state index contributed by atoms with van der Waals surface area (Å²) in [7, 11) is 0. The second-order valence-electron chi connectivity index (χ2n) is 8.39. The number of piperazine rings is 1.